The van der Waals surface area contributed by atoms with Crippen LogP contribution in [-0.2, 0) is 8.85 Å². The normalized spacial score (nSPS) is 21.9. The van der Waals surface area contributed by atoms with E-state index in [0.29, 0.717) is 11.8 Å². The summed E-state index contributed by atoms with van der Waals surface area (Å²) in [5.41, 5.74) is 0. The fraction of sp³-hybridized carbons (Fsp3) is 0.385. The zero-order chi connectivity index (χ0) is 19.8. The molecule has 152 valence electrons. The number of rotatable bonds is 8. The lowest BCUT2D eigenvalue weighted by atomic mass is 9.96. The van der Waals surface area contributed by atoms with E-state index in [4.69, 9.17) is 8.85 Å². The third kappa shape index (κ3) is 5.16. The summed E-state index contributed by atoms with van der Waals surface area (Å²) < 4.78 is 13.8. The Balaban J connectivity index is 1.63. The standard InChI is InChI=1S/C26H32O2Si/c1-5-13-23(14-6-1)21-27-29(25-17-9-3-10-18-25,26-19-11-4-12-20-26)28-22-24-15-7-2-8-16-24/h1-5,7,9-12,17-20,23-24H,6,8,13-16,21-22H2. The highest BCUT2D eigenvalue weighted by Crippen LogP contribution is 2.23. The van der Waals surface area contributed by atoms with E-state index in [1.165, 1.54) is 23.2 Å². The first kappa shape index (κ1) is 20.3. The lowest BCUT2D eigenvalue weighted by Gasteiger charge is -2.35. The summed E-state index contributed by atoms with van der Waals surface area (Å²) in [7, 11) is -2.76. The molecule has 0 aromatic heterocycles. The third-order valence-corrected chi connectivity index (χ3v) is 9.44. The highest BCUT2D eigenvalue weighted by atomic mass is 28.4. The first-order valence-electron chi connectivity index (χ1n) is 11.1. The highest BCUT2D eigenvalue weighted by molar-refractivity contribution is 6.92. The van der Waals surface area contributed by atoms with Crippen molar-refractivity contribution in [3.63, 3.8) is 0 Å². The van der Waals surface area contributed by atoms with Gasteiger partial charge < -0.3 is 8.85 Å². The van der Waals surface area contributed by atoms with Crippen LogP contribution < -0.4 is 10.4 Å². The maximum atomic E-state index is 6.90. The first-order valence-corrected chi connectivity index (χ1v) is 12.9. The lowest BCUT2D eigenvalue weighted by Crippen LogP contribution is -2.64. The van der Waals surface area contributed by atoms with Crippen molar-refractivity contribution in [2.24, 2.45) is 11.8 Å². The molecular weight excluding hydrogens is 372 g/mol. The molecule has 0 N–H and O–H groups in total. The molecule has 0 aliphatic heterocycles. The molecule has 0 heterocycles. The maximum Gasteiger partial charge on any atom is 0.407 e. The van der Waals surface area contributed by atoms with E-state index in [9.17, 15) is 0 Å². The molecule has 0 bridgehead atoms. The van der Waals surface area contributed by atoms with Gasteiger partial charge in [-0.2, -0.15) is 0 Å². The Bertz CT molecular complexity index is 730. The fourth-order valence-electron chi connectivity index (χ4n) is 4.34. The van der Waals surface area contributed by atoms with Crippen LogP contribution in [0.4, 0.5) is 0 Å². The fourth-order valence-corrected chi connectivity index (χ4v) is 7.63. The van der Waals surface area contributed by atoms with Crippen LogP contribution in [0, 0.1) is 11.8 Å². The molecule has 2 aromatic carbocycles. The van der Waals surface area contributed by atoms with E-state index < -0.39 is 8.56 Å². The minimum Gasteiger partial charge on any atom is -0.387 e. The molecule has 0 saturated carbocycles. The molecule has 2 atom stereocenters. The van der Waals surface area contributed by atoms with Crippen molar-refractivity contribution in [2.45, 2.75) is 38.5 Å². The molecule has 2 aliphatic rings. The molecule has 2 aliphatic carbocycles. The smallest absolute Gasteiger partial charge is 0.387 e. The van der Waals surface area contributed by atoms with Crippen LogP contribution in [0.3, 0.4) is 0 Å². The average molecular weight is 405 g/mol. The molecule has 0 spiro atoms. The van der Waals surface area contributed by atoms with E-state index in [-0.39, 0.29) is 0 Å². The molecule has 29 heavy (non-hydrogen) atoms. The first-order chi connectivity index (χ1) is 14.4. The molecule has 2 unspecified atom stereocenters. The molecule has 2 aromatic rings. The molecular formula is C26H32O2Si. The summed E-state index contributed by atoms with van der Waals surface area (Å²) in [6, 6.07) is 21.4. The van der Waals surface area contributed by atoms with Gasteiger partial charge in [0, 0.05) is 13.2 Å². The van der Waals surface area contributed by atoms with Gasteiger partial charge in [-0.25, -0.2) is 0 Å². The molecule has 2 nitrogen and oxygen atoms in total. The quantitative estimate of drug-likeness (QED) is 0.456. The van der Waals surface area contributed by atoms with Crippen molar-refractivity contribution in [1.82, 2.24) is 0 Å². The van der Waals surface area contributed by atoms with Crippen LogP contribution in [-0.4, -0.2) is 21.8 Å². The summed E-state index contributed by atoms with van der Waals surface area (Å²) in [5.74, 6) is 1.17. The van der Waals surface area contributed by atoms with Gasteiger partial charge in [-0.1, -0.05) is 85.0 Å². The second-order valence-electron chi connectivity index (χ2n) is 8.27. The number of hydrogen-bond acceptors (Lipinski definition) is 2. The Hall–Kier alpha value is -1.94. The predicted octanol–water partition coefficient (Wildman–Crippen LogP) is 4.99. The van der Waals surface area contributed by atoms with E-state index in [1.807, 2.05) is 0 Å². The third-order valence-electron chi connectivity index (χ3n) is 6.11. The zero-order valence-corrected chi connectivity index (χ0v) is 18.2. The Morgan fingerprint density at radius 1 is 0.621 bits per heavy atom. The van der Waals surface area contributed by atoms with Gasteiger partial charge in [-0.3, -0.25) is 0 Å². The van der Waals surface area contributed by atoms with Gasteiger partial charge >= 0.3 is 8.56 Å². The maximum absolute atomic E-state index is 6.90. The van der Waals surface area contributed by atoms with Crippen LogP contribution >= 0.6 is 0 Å². The summed E-state index contributed by atoms with van der Waals surface area (Å²) >= 11 is 0. The van der Waals surface area contributed by atoms with Crippen molar-refractivity contribution in [2.75, 3.05) is 13.2 Å². The van der Waals surface area contributed by atoms with Crippen molar-refractivity contribution >= 4 is 18.9 Å². The van der Waals surface area contributed by atoms with Crippen LogP contribution in [0.15, 0.2) is 85.0 Å². The van der Waals surface area contributed by atoms with Gasteiger partial charge in [-0.15, -0.1) is 0 Å². The zero-order valence-electron chi connectivity index (χ0n) is 17.2. The lowest BCUT2D eigenvalue weighted by molar-refractivity contribution is 0.139. The van der Waals surface area contributed by atoms with Crippen LogP contribution in [0.1, 0.15) is 38.5 Å². The molecule has 0 fully saturated rings. The van der Waals surface area contributed by atoms with Crippen LogP contribution in [0.2, 0.25) is 0 Å². The number of benzene rings is 2. The van der Waals surface area contributed by atoms with E-state index in [1.54, 1.807) is 0 Å². The Kier molecular flexibility index (Phi) is 7.15. The predicted molar refractivity (Wildman–Crippen MR) is 123 cm³/mol. The van der Waals surface area contributed by atoms with Gasteiger partial charge in [0.15, 0.2) is 0 Å². The van der Waals surface area contributed by atoms with Crippen molar-refractivity contribution in [3.05, 3.63) is 85.0 Å². The van der Waals surface area contributed by atoms with Gasteiger partial charge in [0.2, 0.25) is 0 Å². The molecule has 0 saturated heterocycles. The summed E-state index contributed by atoms with van der Waals surface area (Å²) in [5, 5.41) is 2.42. The van der Waals surface area contributed by atoms with Crippen molar-refractivity contribution < 1.29 is 8.85 Å². The molecule has 3 heteroatoms. The largest absolute Gasteiger partial charge is 0.407 e. The SMILES string of the molecule is C1=CCC(CO[Si](OCC2CC=CCC2)(c2ccccc2)c2ccccc2)CC1. The van der Waals surface area contributed by atoms with E-state index in [0.717, 1.165) is 38.9 Å². The molecule has 0 amide bonds. The van der Waals surface area contributed by atoms with Gasteiger partial charge in [0.25, 0.3) is 0 Å². The monoisotopic (exact) mass is 404 g/mol. The molecule has 4 rings (SSSR count). The second kappa shape index (κ2) is 10.2. The van der Waals surface area contributed by atoms with Crippen LogP contribution in [0.5, 0.6) is 0 Å². The van der Waals surface area contributed by atoms with Crippen LogP contribution in [0.25, 0.3) is 0 Å². The average Bonchev–Trinajstić information content (AvgIpc) is 2.82. The summed E-state index contributed by atoms with van der Waals surface area (Å²) in [4.78, 5) is 0. The van der Waals surface area contributed by atoms with Gasteiger partial charge in [0.1, 0.15) is 0 Å². The van der Waals surface area contributed by atoms with Gasteiger partial charge in [-0.05, 0) is 60.7 Å². The van der Waals surface area contributed by atoms with E-state index in [2.05, 4.69) is 85.0 Å². The summed E-state index contributed by atoms with van der Waals surface area (Å²) in [6.45, 7) is 1.54. The Labute approximate surface area is 176 Å². The minimum atomic E-state index is -2.76. The Morgan fingerprint density at radius 2 is 1.07 bits per heavy atom. The van der Waals surface area contributed by atoms with Crippen molar-refractivity contribution in [3.8, 4) is 0 Å². The molecule has 0 radical (unpaired) electrons. The topological polar surface area (TPSA) is 18.5 Å². The Morgan fingerprint density at radius 3 is 1.45 bits per heavy atom. The minimum absolute atomic E-state index is 0.584. The van der Waals surface area contributed by atoms with Gasteiger partial charge in [0.05, 0.1) is 0 Å². The highest BCUT2D eigenvalue weighted by Gasteiger charge is 2.43. The number of hydrogen-bond donors (Lipinski definition) is 0. The number of allylic oxidation sites excluding steroid dienone is 4. The summed E-state index contributed by atoms with van der Waals surface area (Å²) in [6.07, 6.45) is 16.2. The van der Waals surface area contributed by atoms with E-state index >= 15 is 0 Å². The van der Waals surface area contributed by atoms with Crippen molar-refractivity contribution in [1.29, 1.82) is 0 Å². The second-order valence-corrected chi connectivity index (χ2v) is 11.2.